The summed E-state index contributed by atoms with van der Waals surface area (Å²) in [5.74, 6) is -2.24. The zero-order valence-electron chi connectivity index (χ0n) is 10.2. The highest BCUT2D eigenvalue weighted by Gasteiger charge is 2.39. The van der Waals surface area contributed by atoms with E-state index in [2.05, 4.69) is 16.8 Å². The van der Waals surface area contributed by atoms with Gasteiger partial charge in [0.15, 0.2) is 5.82 Å². The van der Waals surface area contributed by atoms with Crippen LogP contribution in [0, 0.1) is 0 Å². The van der Waals surface area contributed by atoms with Crippen molar-refractivity contribution in [1.82, 2.24) is 10.2 Å². The molecule has 1 aromatic heterocycles. The lowest BCUT2D eigenvalue weighted by Crippen LogP contribution is -2.30. The molecule has 0 fully saturated rings. The van der Waals surface area contributed by atoms with Crippen molar-refractivity contribution in [2.75, 3.05) is 5.32 Å². The summed E-state index contributed by atoms with van der Waals surface area (Å²) in [6, 6.07) is 8.46. The van der Waals surface area contributed by atoms with Gasteiger partial charge in [0.1, 0.15) is 0 Å². The lowest BCUT2D eigenvalue weighted by molar-refractivity contribution is -0.167. The minimum Gasteiger partial charge on any atom is -0.301 e. The molecule has 0 aliphatic carbocycles. The number of hydrogen-bond acceptors (Lipinski definition) is 2. The van der Waals surface area contributed by atoms with Crippen LogP contribution < -0.4 is 5.32 Å². The number of alkyl halides is 3. The van der Waals surface area contributed by atoms with Crippen molar-refractivity contribution >= 4 is 17.8 Å². The first-order valence-electron chi connectivity index (χ1n) is 5.56. The van der Waals surface area contributed by atoms with Crippen molar-refractivity contribution in [2.45, 2.75) is 6.18 Å². The maximum atomic E-state index is 12.1. The van der Waals surface area contributed by atoms with Crippen LogP contribution in [0.3, 0.4) is 0 Å². The van der Waals surface area contributed by atoms with Gasteiger partial charge < -0.3 is 5.32 Å². The Morgan fingerprint density at radius 2 is 1.95 bits per heavy atom. The summed E-state index contributed by atoms with van der Waals surface area (Å²) < 4.78 is 36.3. The van der Waals surface area contributed by atoms with E-state index in [4.69, 9.17) is 0 Å². The van der Waals surface area contributed by atoms with Gasteiger partial charge >= 0.3 is 12.1 Å². The Bertz CT molecular complexity index is 629. The number of carbonyl (C=O) groups excluding carboxylic acids is 1. The minimum absolute atomic E-state index is 0.185. The molecule has 2 N–H and O–H groups in total. The Balaban J connectivity index is 2.16. The van der Waals surface area contributed by atoms with E-state index in [-0.39, 0.29) is 5.82 Å². The zero-order valence-corrected chi connectivity index (χ0v) is 10.2. The number of nitrogens with one attached hydrogen (secondary N) is 2. The first kappa shape index (κ1) is 13.9. The van der Waals surface area contributed by atoms with Crippen LogP contribution in [-0.4, -0.2) is 22.3 Å². The number of carbonyl (C=O) groups is 1. The molecule has 7 heteroatoms. The summed E-state index contributed by atoms with van der Waals surface area (Å²) in [5.41, 5.74) is 2.15. The number of nitrogens with zero attached hydrogens (tertiary/aromatic N) is 1. The number of halogens is 3. The third kappa shape index (κ3) is 3.05. The molecule has 0 radical (unpaired) electrons. The van der Waals surface area contributed by atoms with Crippen molar-refractivity contribution in [3.63, 3.8) is 0 Å². The molecule has 4 nitrogen and oxygen atoms in total. The fourth-order valence-electron chi connectivity index (χ4n) is 1.52. The molecule has 104 valence electrons. The molecule has 20 heavy (non-hydrogen) atoms. The van der Waals surface area contributed by atoms with Gasteiger partial charge in [-0.25, -0.2) is 0 Å². The van der Waals surface area contributed by atoms with Crippen molar-refractivity contribution in [3.8, 4) is 11.3 Å². The first-order chi connectivity index (χ1) is 9.40. The summed E-state index contributed by atoms with van der Waals surface area (Å²) in [7, 11) is 0. The molecule has 1 aromatic carbocycles. The van der Waals surface area contributed by atoms with Gasteiger partial charge in [-0.05, 0) is 11.1 Å². The molecule has 0 atom stereocenters. The molecule has 0 spiro atoms. The minimum atomic E-state index is -4.94. The molecule has 0 bridgehead atoms. The van der Waals surface area contributed by atoms with Gasteiger partial charge in [-0.3, -0.25) is 9.89 Å². The molecule has 1 amide bonds. The van der Waals surface area contributed by atoms with Crippen LogP contribution in [0.5, 0.6) is 0 Å². The second-order valence-corrected chi connectivity index (χ2v) is 3.94. The van der Waals surface area contributed by atoms with Crippen LogP contribution in [0.25, 0.3) is 17.3 Å². The van der Waals surface area contributed by atoms with Crippen LogP contribution in [-0.2, 0) is 4.79 Å². The van der Waals surface area contributed by atoms with Gasteiger partial charge in [0, 0.05) is 6.07 Å². The van der Waals surface area contributed by atoms with E-state index in [1.54, 1.807) is 35.7 Å². The summed E-state index contributed by atoms with van der Waals surface area (Å²) >= 11 is 0. The number of aromatic amines is 1. The number of anilines is 1. The molecule has 0 aliphatic rings. The molecule has 0 saturated carbocycles. The molecular formula is C13H10F3N3O. The smallest absolute Gasteiger partial charge is 0.301 e. The summed E-state index contributed by atoms with van der Waals surface area (Å²) in [6.07, 6.45) is -3.27. The highest BCUT2D eigenvalue weighted by atomic mass is 19.4. The lowest BCUT2D eigenvalue weighted by Gasteiger charge is -2.04. The molecular weight excluding hydrogens is 271 g/mol. The quantitative estimate of drug-likeness (QED) is 0.907. The van der Waals surface area contributed by atoms with E-state index >= 15 is 0 Å². The number of amides is 1. The third-order valence-electron chi connectivity index (χ3n) is 2.53. The number of hydrogen-bond donors (Lipinski definition) is 2. The maximum absolute atomic E-state index is 12.1. The zero-order chi connectivity index (χ0) is 14.8. The largest absolute Gasteiger partial charge is 0.471 e. The van der Waals surface area contributed by atoms with Gasteiger partial charge in [-0.1, -0.05) is 36.9 Å². The summed E-state index contributed by atoms with van der Waals surface area (Å²) in [5, 5.41) is 7.84. The Morgan fingerprint density at radius 3 is 2.50 bits per heavy atom. The fraction of sp³-hybridized carbons (Fsp3) is 0.0769. The van der Waals surface area contributed by atoms with Gasteiger partial charge in [0.05, 0.1) is 5.69 Å². The summed E-state index contributed by atoms with van der Waals surface area (Å²) in [6.45, 7) is 3.62. The third-order valence-corrected chi connectivity index (χ3v) is 2.53. The number of benzene rings is 1. The predicted molar refractivity (Wildman–Crippen MR) is 68.8 cm³/mol. The van der Waals surface area contributed by atoms with Gasteiger partial charge in [-0.15, -0.1) is 0 Å². The fourth-order valence-corrected chi connectivity index (χ4v) is 1.52. The first-order valence-corrected chi connectivity index (χ1v) is 5.56. The Morgan fingerprint density at radius 1 is 1.30 bits per heavy atom. The van der Waals surface area contributed by atoms with Crippen LogP contribution >= 0.6 is 0 Å². The molecule has 1 heterocycles. The maximum Gasteiger partial charge on any atom is 0.471 e. The van der Waals surface area contributed by atoms with Gasteiger partial charge in [0.25, 0.3) is 0 Å². The highest BCUT2D eigenvalue weighted by Crippen LogP contribution is 2.22. The standard InChI is InChI=1S/C13H10F3N3O/c1-2-8-3-5-9(6-4-8)10-7-11(19-18-10)17-12(20)13(14,15)16/h2-7H,1H2,(H2,17,18,19,20). The molecule has 2 aromatic rings. The molecule has 2 rings (SSSR count). The Hall–Kier alpha value is -2.57. The second kappa shape index (κ2) is 5.20. The van der Waals surface area contributed by atoms with Crippen LogP contribution in [0.2, 0.25) is 0 Å². The van der Waals surface area contributed by atoms with Crippen molar-refractivity contribution < 1.29 is 18.0 Å². The van der Waals surface area contributed by atoms with Crippen molar-refractivity contribution in [2.24, 2.45) is 0 Å². The SMILES string of the molecule is C=Cc1ccc(-c2cc(NC(=O)C(F)(F)F)n[nH]2)cc1. The van der Waals surface area contributed by atoms with Crippen molar-refractivity contribution in [3.05, 3.63) is 42.5 Å². The van der Waals surface area contributed by atoms with Crippen LogP contribution in [0.15, 0.2) is 36.9 Å². The monoisotopic (exact) mass is 281 g/mol. The average Bonchev–Trinajstić information content (AvgIpc) is 2.86. The van der Waals surface area contributed by atoms with Gasteiger partial charge in [0.2, 0.25) is 0 Å². The Kier molecular flexibility index (Phi) is 3.60. The predicted octanol–water partition coefficient (Wildman–Crippen LogP) is 3.22. The van der Waals surface area contributed by atoms with E-state index in [0.29, 0.717) is 5.69 Å². The van der Waals surface area contributed by atoms with E-state index in [1.807, 2.05) is 0 Å². The Labute approximate surface area is 112 Å². The summed E-state index contributed by atoms with van der Waals surface area (Å²) in [4.78, 5) is 10.8. The van der Waals surface area contributed by atoms with E-state index in [0.717, 1.165) is 11.1 Å². The normalized spacial score (nSPS) is 11.2. The lowest BCUT2D eigenvalue weighted by atomic mass is 10.1. The number of rotatable bonds is 3. The number of H-pyrrole nitrogens is 1. The second-order valence-electron chi connectivity index (χ2n) is 3.94. The topological polar surface area (TPSA) is 57.8 Å². The van der Waals surface area contributed by atoms with E-state index < -0.39 is 12.1 Å². The number of aromatic nitrogens is 2. The molecule has 0 saturated heterocycles. The van der Waals surface area contributed by atoms with Crippen molar-refractivity contribution in [1.29, 1.82) is 0 Å². The van der Waals surface area contributed by atoms with Crippen LogP contribution in [0.1, 0.15) is 5.56 Å². The van der Waals surface area contributed by atoms with Gasteiger partial charge in [-0.2, -0.15) is 18.3 Å². The van der Waals surface area contributed by atoms with Crippen LogP contribution in [0.4, 0.5) is 19.0 Å². The highest BCUT2D eigenvalue weighted by molar-refractivity contribution is 5.94. The average molecular weight is 281 g/mol. The molecule has 0 aliphatic heterocycles. The van der Waals surface area contributed by atoms with E-state index in [9.17, 15) is 18.0 Å². The molecule has 0 unspecified atom stereocenters. The van der Waals surface area contributed by atoms with E-state index in [1.165, 1.54) is 6.07 Å².